The molecule has 38 heavy (non-hydrogen) atoms. The molecule has 1 saturated heterocycles. The topological polar surface area (TPSA) is 154 Å². The average molecular weight is 583 g/mol. The van der Waals surface area contributed by atoms with Crippen LogP contribution in [0.1, 0.15) is 54.2 Å². The molecular formula is C22H37FN4O9P2. The fraction of sp³-hybridized carbons (Fsp3) is 0.773. The van der Waals surface area contributed by atoms with Gasteiger partial charge in [-0.15, -0.1) is 0 Å². The van der Waals surface area contributed by atoms with Gasteiger partial charge >= 0.3 is 13.3 Å². The second-order valence-corrected chi connectivity index (χ2v) is 12.1. The number of H-pyrrole nitrogens is 1. The van der Waals surface area contributed by atoms with Crippen molar-refractivity contribution in [3.05, 3.63) is 33.1 Å². The molecule has 0 amide bonds. The molecule has 16 heteroatoms. The van der Waals surface area contributed by atoms with E-state index in [0.29, 0.717) is 0 Å². The molecule has 216 valence electrons. The van der Waals surface area contributed by atoms with Gasteiger partial charge in [-0.1, -0.05) is 0 Å². The van der Waals surface area contributed by atoms with Crippen LogP contribution in [-0.2, 0) is 32.1 Å². The third kappa shape index (κ3) is 8.74. The molecule has 0 saturated carbocycles. The second kappa shape index (κ2) is 15.3. The van der Waals surface area contributed by atoms with E-state index in [1.807, 2.05) is 38.4 Å². The Labute approximate surface area is 222 Å². The summed E-state index contributed by atoms with van der Waals surface area (Å²) in [6.07, 6.45) is -5.76. The van der Waals surface area contributed by atoms with Gasteiger partial charge < -0.3 is 27.6 Å². The Kier molecular flexibility index (Phi) is 13.2. The minimum atomic E-state index is -3.70. The van der Waals surface area contributed by atoms with Crippen LogP contribution in [0.3, 0.4) is 0 Å². The molecule has 2 heterocycles. The lowest BCUT2D eigenvalue weighted by Crippen LogP contribution is -2.39. The first-order valence-corrected chi connectivity index (χ1v) is 15.2. The van der Waals surface area contributed by atoms with E-state index in [1.54, 1.807) is 13.8 Å². The fourth-order valence-corrected chi connectivity index (χ4v) is 6.83. The van der Waals surface area contributed by atoms with Crippen molar-refractivity contribution in [3.63, 3.8) is 0 Å². The quantitative estimate of drug-likeness (QED) is 0.224. The molecule has 1 fully saturated rings. The summed E-state index contributed by atoms with van der Waals surface area (Å²) < 4.78 is 65.7. The number of hydrogen-bond acceptors (Lipinski definition) is 11. The third-order valence-corrected chi connectivity index (χ3v) is 9.07. The summed E-state index contributed by atoms with van der Waals surface area (Å²) in [6.45, 7) is 11.2. The van der Waals surface area contributed by atoms with Crippen LogP contribution in [-0.4, -0.2) is 71.0 Å². The molecule has 1 aliphatic heterocycles. The minimum absolute atomic E-state index is 0.0425. The van der Waals surface area contributed by atoms with Gasteiger partial charge in [0, 0.05) is 24.3 Å². The number of nitrogens with one attached hydrogen (secondary N) is 1. The molecule has 0 aromatic carbocycles. The number of aromatic amines is 1. The van der Waals surface area contributed by atoms with Crippen LogP contribution in [0.2, 0.25) is 0 Å². The summed E-state index contributed by atoms with van der Waals surface area (Å²) >= 11 is 0. The third-order valence-electron chi connectivity index (χ3n) is 5.18. The van der Waals surface area contributed by atoms with Gasteiger partial charge in [-0.3, -0.25) is 18.9 Å². The number of aromatic nitrogens is 2. The van der Waals surface area contributed by atoms with Gasteiger partial charge in [0.15, 0.2) is 31.1 Å². The van der Waals surface area contributed by atoms with Crippen molar-refractivity contribution in [2.75, 3.05) is 26.2 Å². The van der Waals surface area contributed by atoms with Crippen molar-refractivity contribution in [2.45, 2.75) is 84.8 Å². The van der Waals surface area contributed by atoms with Crippen molar-refractivity contribution in [3.8, 4) is 6.07 Å². The predicted molar refractivity (Wildman–Crippen MR) is 137 cm³/mol. The molecule has 1 aliphatic rings. The zero-order valence-corrected chi connectivity index (χ0v) is 24.2. The first-order chi connectivity index (χ1) is 18.0. The van der Waals surface area contributed by atoms with E-state index in [4.69, 9.17) is 32.8 Å². The van der Waals surface area contributed by atoms with Gasteiger partial charge in [0.1, 0.15) is 0 Å². The predicted octanol–water partition coefficient (Wildman–Crippen LogP) is 3.63. The maximum absolute atomic E-state index is 16.0. The molecule has 2 rings (SSSR count). The Bertz CT molecular complexity index is 1060. The van der Waals surface area contributed by atoms with E-state index in [2.05, 4.69) is 4.98 Å². The van der Waals surface area contributed by atoms with Crippen LogP contribution < -0.4 is 11.2 Å². The number of rotatable bonds is 16. The molecule has 0 radical (unpaired) electrons. The van der Waals surface area contributed by atoms with Crippen LogP contribution in [0.4, 0.5) is 4.39 Å². The standard InChI is InChI=1S/C22H37FN4O9P2/c1-7-33-38(30,34-8-2)14-31-21-19(18(23)20(35-21)26-12-10-17(28)25-22(26)29)36-37(32-13-9-11-24)27(15(3)4)16(5)6/h10,12,15-16,18-21H,7-9,13-14H2,1-6H3,(H,25,28,29)/t18-,19+,20-,21+,37?/m1/s1. The Morgan fingerprint density at radius 1 is 1.24 bits per heavy atom. The summed E-state index contributed by atoms with van der Waals surface area (Å²) in [5.41, 5.74) is -1.55. The SMILES string of the molecule is CCOP(=O)(CO[C@H]1O[C@@H](n2ccc(=O)[nH]c2=O)[C@H](F)[C@@H]1OP(OCCC#N)N(C(C)C)C(C)C)OCC. The maximum atomic E-state index is 16.0. The Balaban J connectivity index is 2.42. The first kappa shape index (κ1) is 32.7. The second-order valence-electron chi connectivity index (χ2n) is 8.72. The number of ether oxygens (including phenoxy) is 2. The highest BCUT2D eigenvalue weighted by Gasteiger charge is 2.51. The average Bonchev–Trinajstić information content (AvgIpc) is 3.13. The normalized spacial score (nSPS) is 22.9. The van der Waals surface area contributed by atoms with Gasteiger partial charge in [-0.05, 0) is 41.5 Å². The van der Waals surface area contributed by atoms with Gasteiger partial charge in [-0.2, -0.15) is 5.26 Å². The van der Waals surface area contributed by atoms with Crippen molar-refractivity contribution < 1.29 is 36.5 Å². The first-order valence-electron chi connectivity index (χ1n) is 12.3. The van der Waals surface area contributed by atoms with Gasteiger partial charge in [0.05, 0.1) is 32.3 Å². The number of halogens is 1. The molecule has 0 aliphatic carbocycles. The number of nitrogens with zero attached hydrogens (tertiary/aromatic N) is 3. The summed E-state index contributed by atoms with van der Waals surface area (Å²) in [6, 6.07) is 2.90. The van der Waals surface area contributed by atoms with E-state index in [1.165, 1.54) is 0 Å². The van der Waals surface area contributed by atoms with E-state index in [0.717, 1.165) is 16.8 Å². The molecule has 5 atom stereocenters. The van der Waals surface area contributed by atoms with Crippen LogP contribution >= 0.6 is 16.1 Å². The highest BCUT2D eigenvalue weighted by molar-refractivity contribution is 7.53. The lowest BCUT2D eigenvalue weighted by Gasteiger charge is -2.37. The molecule has 1 unspecified atom stereocenters. The van der Waals surface area contributed by atoms with Crippen LogP contribution in [0.15, 0.2) is 21.9 Å². The lowest BCUT2D eigenvalue weighted by molar-refractivity contribution is -0.166. The van der Waals surface area contributed by atoms with E-state index in [9.17, 15) is 14.2 Å². The Hall–Kier alpha value is -1.52. The van der Waals surface area contributed by atoms with Crippen LogP contribution in [0.25, 0.3) is 0 Å². The van der Waals surface area contributed by atoms with E-state index >= 15 is 4.39 Å². The van der Waals surface area contributed by atoms with Crippen LogP contribution in [0, 0.1) is 11.3 Å². The monoisotopic (exact) mass is 582 g/mol. The molecule has 1 aromatic rings. The maximum Gasteiger partial charge on any atom is 0.356 e. The summed E-state index contributed by atoms with van der Waals surface area (Å²) in [7, 11) is -5.63. The number of hydrogen-bond donors (Lipinski definition) is 1. The van der Waals surface area contributed by atoms with Crippen molar-refractivity contribution in [1.29, 1.82) is 5.26 Å². The highest BCUT2D eigenvalue weighted by atomic mass is 31.2. The van der Waals surface area contributed by atoms with Gasteiger partial charge in [0.2, 0.25) is 0 Å². The highest BCUT2D eigenvalue weighted by Crippen LogP contribution is 2.52. The number of alkyl halides is 1. The minimum Gasteiger partial charge on any atom is -0.337 e. The zero-order valence-electron chi connectivity index (χ0n) is 22.4. The molecule has 1 aromatic heterocycles. The van der Waals surface area contributed by atoms with Gasteiger partial charge in [-0.25, -0.2) is 13.9 Å². The van der Waals surface area contributed by atoms with Gasteiger partial charge in [0.25, 0.3) is 14.1 Å². The molecule has 1 N–H and O–H groups in total. The smallest absolute Gasteiger partial charge is 0.337 e. The molecule has 13 nitrogen and oxygen atoms in total. The summed E-state index contributed by atoms with van der Waals surface area (Å²) in [5.74, 6) is 0. The van der Waals surface area contributed by atoms with Crippen LogP contribution in [0.5, 0.6) is 0 Å². The molecule has 0 spiro atoms. The zero-order chi connectivity index (χ0) is 28.5. The van der Waals surface area contributed by atoms with Crippen molar-refractivity contribution in [2.24, 2.45) is 0 Å². The van der Waals surface area contributed by atoms with E-state index < -0.39 is 58.5 Å². The Morgan fingerprint density at radius 3 is 2.39 bits per heavy atom. The molecular weight excluding hydrogens is 545 g/mol. The summed E-state index contributed by atoms with van der Waals surface area (Å²) in [4.78, 5) is 26.0. The fourth-order valence-electron chi connectivity index (χ4n) is 3.76. The summed E-state index contributed by atoms with van der Waals surface area (Å²) in [5, 5.41) is 8.96. The Morgan fingerprint density at radius 2 is 1.87 bits per heavy atom. The van der Waals surface area contributed by atoms with Crippen molar-refractivity contribution >= 4 is 16.1 Å². The largest absolute Gasteiger partial charge is 0.356 e. The lowest BCUT2D eigenvalue weighted by atomic mass is 10.2. The van der Waals surface area contributed by atoms with Crippen molar-refractivity contribution in [1.82, 2.24) is 14.2 Å². The van der Waals surface area contributed by atoms with E-state index in [-0.39, 0.29) is 38.3 Å². The number of nitriles is 1. The molecule has 0 bridgehead atoms.